The number of carbonyl (C=O) groups excluding carboxylic acids is 1. The van der Waals surface area contributed by atoms with Gasteiger partial charge in [0.1, 0.15) is 7.14 Å². The summed E-state index contributed by atoms with van der Waals surface area (Å²) in [6.45, 7) is 9.50. The molecule has 0 saturated carbocycles. The summed E-state index contributed by atoms with van der Waals surface area (Å²) in [4.78, 5) is 13.5. The lowest BCUT2D eigenvalue weighted by molar-refractivity contribution is 0.0972. The van der Waals surface area contributed by atoms with Gasteiger partial charge in [-0.1, -0.05) is 48.6 Å². The number of hydrogen-bond donors (Lipinski definition) is 0. The number of allylic oxidation sites excluding steroid dienone is 2. The van der Waals surface area contributed by atoms with Gasteiger partial charge in [-0.2, -0.15) is 0 Å². The normalized spacial score (nSPS) is 13.9. The van der Waals surface area contributed by atoms with E-state index in [1.807, 2.05) is 54.8 Å². The number of hydrogen-bond acceptors (Lipinski definition) is 3. The Morgan fingerprint density at radius 2 is 1.75 bits per heavy atom. The third-order valence-corrected chi connectivity index (χ3v) is 9.27. The highest BCUT2D eigenvalue weighted by atomic mass is 32.1. The van der Waals surface area contributed by atoms with E-state index in [0.717, 1.165) is 5.56 Å². The molecule has 1 aromatic carbocycles. The average Bonchev–Trinajstić information content (AvgIpc) is 3.10. The maximum absolute atomic E-state index is 13.8. The van der Waals surface area contributed by atoms with Crippen molar-refractivity contribution in [2.24, 2.45) is 0 Å². The summed E-state index contributed by atoms with van der Waals surface area (Å²) in [7, 11) is -2.77. The number of thiophene rings is 1. The molecule has 2 rings (SSSR count). The van der Waals surface area contributed by atoms with E-state index in [2.05, 4.69) is 13.2 Å². The molecule has 0 fully saturated rings. The molecule has 0 unspecified atom stereocenters. The highest BCUT2D eigenvalue weighted by Gasteiger charge is 2.45. The zero-order chi connectivity index (χ0) is 17.6. The predicted molar refractivity (Wildman–Crippen MR) is 105 cm³/mol. The lowest BCUT2D eigenvalue weighted by atomic mass is 9.94. The Morgan fingerprint density at radius 3 is 2.25 bits per heavy atom. The van der Waals surface area contributed by atoms with Crippen LogP contribution in [0, 0.1) is 0 Å². The first-order valence-electron chi connectivity index (χ1n) is 7.89. The van der Waals surface area contributed by atoms with E-state index < -0.39 is 12.3 Å². The maximum atomic E-state index is 13.8. The van der Waals surface area contributed by atoms with Gasteiger partial charge >= 0.3 is 0 Å². The summed E-state index contributed by atoms with van der Waals surface area (Å²) in [6, 6.07) is 13.4. The first-order valence-corrected chi connectivity index (χ1v) is 10.8. The number of carbonyl (C=O) groups is 1. The number of rotatable bonds is 9. The molecule has 0 amide bonds. The topological polar surface area (TPSA) is 34.1 Å². The Morgan fingerprint density at radius 1 is 1.12 bits per heavy atom. The number of ketones is 1. The fraction of sp³-hybridized carbons (Fsp3) is 0.250. The quantitative estimate of drug-likeness (QED) is 0.314. The predicted octanol–water partition coefficient (Wildman–Crippen LogP) is 5.97. The minimum Gasteiger partial charge on any atom is -0.322 e. The molecule has 0 aliphatic rings. The second kappa shape index (κ2) is 7.92. The van der Waals surface area contributed by atoms with E-state index in [9.17, 15) is 9.36 Å². The van der Waals surface area contributed by atoms with Crippen LogP contribution in [-0.4, -0.2) is 18.1 Å². The first kappa shape index (κ1) is 18.6. The molecule has 0 bridgehead atoms. The van der Waals surface area contributed by atoms with Gasteiger partial charge < -0.3 is 4.57 Å². The Balaban J connectivity index is 2.52. The molecule has 1 aromatic heterocycles. The van der Waals surface area contributed by atoms with Crippen molar-refractivity contribution in [1.82, 2.24) is 0 Å². The van der Waals surface area contributed by atoms with Gasteiger partial charge in [0.05, 0.1) is 10.0 Å². The zero-order valence-electron chi connectivity index (χ0n) is 14.0. The average molecular weight is 358 g/mol. The largest absolute Gasteiger partial charge is 0.322 e. The molecule has 0 spiro atoms. The van der Waals surface area contributed by atoms with Crippen molar-refractivity contribution < 1.29 is 9.36 Å². The van der Waals surface area contributed by atoms with Crippen molar-refractivity contribution >= 4 is 24.3 Å². The monoisotopic (exact) mass is 358 g/mol. The molecule has 2 nitrogen and oxygen atoms in total. The summed E-state index contributed by atoms with van der Waals surface area (Å²) >= 11 is 1.42. The first-order chi connectivity index (χ1) is 11.5. The van der Waals surface area contributed by atoms with Crippen LogP contribution in [-0.2, 0) is 9.72 Å². The molecule has 24 heavy (non-hydrogen) atoms. The highest BCUT2D eigenvalue weighted by Crippen LogP contribution is 2.65. The maximum Gasteiger partial charge on any atom is 0.174 e. The summed E-state index contributed by atoms with van der Waals surface area (Å²) in [5, 5.41) is 1.15. The van der Waals surface area contributed by atoms with Gasteiger partial charge in [0.25, 0.3) is 0 Å². The van der Waals surface area contributed by atoms with Gasteiger partial charge in [-0.05, 0) is 23.9 Å². The van der Waals surface area contributed by atoms with E-state index in [1.165, 1.54) is 11.3 Å². The molecule has 1 atom stereocenters. The minimum atomic E-state index is -2.77. The fourth-order valence-corrected chi connectivity index (χ4v) is 6.52. The molecule has 126 valence electrons. The molecule has 4 heteroatoms. The molecule has 0 N–H and O–H groups in total. The lowest BCUT2D eigenvalue weighted by Gasteiger charge is -2.37. The fourth-order valence-electron chi connectivity index (χ4n) is 3.01. The lowest BCUT2D eigenvalue weighted by Crippen LogP contribution is -2.28. The van der Waals surface area contributed by atoms with Crippen LogP contribution in [0.1, 0.15) is 28.6 Å². The summed E-state index contributed by atoms with van der Waals surface area (Å²) in [5.74, 6) is 0.0321. The van der Waals surface area contributed by atoms with Crippen molar-refractivity contribution in [1.29, 1.82) is 0 Å². The number of Topliss-reactive ketones (excluding diaryl/α,β-unsaturated/α-hetero) is 1. The molecule has 0 radical (unpaired) electrons. The molecule has 0 saturated heterocycles. The van der Waals surface area contributed by atoms with Crippen LogP contribution in [0.25, 0.3) is 0 Å². The van der Waals surface area contributed by atoms with Crippen LogP contribution in [0.3, 0.4) is 0 Å². The van der Waals surface area contributed by atoms with E-state index in [-0.39, 0.29) is 12.2 Å². The Kier molecular flexibility index (Phi) is 6.15. The van der Waals surface area contributed by atoms with Gasteiger partial charge in [0.2, 0.25) is 0 Å². The highest BCUT2D eigenvalue weighted by molar-refractivity contribution is 7.65. The second-order valence-electron chi connectivity index (χ2n) is 6.05. The van der Waals surface area contributed by atoms with Crippen molar-refractivity contribution in [3.63, 3.8) is 0 Å². The smallest absolute Gasteiger partial charge is 0.174 e. The van der Waals surface area contributed by atoms with Crippen LogP contribution < -0.4 is 0 Å². The summed E-state index contributed by atoms with van der Waals surface area (Å²) in [5.41, 5.74) is 0.932. The van der Waals surface area contributed by atoms with E-state index >= 15 is 0 Å². The van der Waals surface area contributed by atoms with Crippen LogP contribution in [0.15, 0.2) is 73.2 Å². The standard InChI is InChI=1S/C20H23O2PS/c1-4-13-23(22,14-5-2)20(3,17-10-7-6-8-11-17)16-18(21)19-12-9-15-24-19/h4-12,15H,1-2,13-14,16H2,3H3/t20-/m1/s1. The summed E-state index contributed by atoms with van der Waals surface area (Å²) in [6.07, 6.45) is 4.39. The van der Waals surface area contributed by atoms with E-state index in [0.29, 0.717) is 17.2 Å². The van der Waals surface area contributed by atoms with Crippen LogP contribution in [0.5, 0.6) is 0 Å². The van der Waals surface area contributed by atoms with Gasteiger partial charge in [-0.15, -0.1) is 24.5 Å². The van der Waals surface area contributed by atoms with Crippen molar-refractivity contribution in [2.45, 2.75) is 18.5 Å². The molecule has 2 aromatic rings. The van der Waals surface area contributed by atoms with E-state index in [1.54, 1.807) is 12.2 Å². The van der Waals surface area contributed by atoms with Crippen molar-refractivity contribution in [3.05, 3.63) is 83.6 Å². The van der Waals surface area contributed by atoms with Crippen LogP contribution in [0.2, 0.25) is 0 Å². The van der Waals surface area contributed by atoms with Crippen LogP contribution in [0.4, 0.5) is 0 Å². The van der Waals surface area contributed by atoms with Crippen molar-refractivity contribution in [2.75, 3.05) is 12.3 Å². The molecule has 1 heterocycles. The van der Waals surface area contributed by atoms with Crippen LogP contribution >= 0.6 is 18.5 Å². The Hall–Kier alpha value is -1.70. The third kappa shape index (κ3) is 3.68. The molecular weight excluding hydrogens is 335 g/mol. The summed E-state index contributed by atoms with van der Waals surface area (Å²) < 4.78 is 13.8. The third-order valence-electron chi connectivity index (χ3n) is 4.44. The minimum absolute atomic E-state index is 0.0321. The van der Waals surface area contributed by atoms with Gasteiger partial charge in [-0.25, -0.2) is 0 Å². The Labute approximate surface area is 148 Å². The van der Waals surface area contributed by atoms with E-state index in [4.69, 9.17) is 0 Å². The molecule has 0 aliphatic heterocycles. The second-order valence-corrected chi connectivity index (χ2v) is 10.5. The van der Waals surface area contributed by atoms with Crippen molar-refractivity contribution in [3.8, 4) is 0 Å². The van der Waals surface area contributed by atoms with Gasteiger partial charge in [0, 0.05) is 18.7 Å². The zero-order valence-corrected chi connectivity index (χ0v) is 15.7. The van der Waals surface area contributed by atoms with Gasteiger partial charge in [0.15, 0.2) is 5.78 Å². The van der Waals surface area contributed by atoms with Gasteiger partial charge in [-0.3, -0.25) is 4.79 Å². The SMILES string of the molecule is C=CCP(=O)(CC=C)[C@](C)(CC(=O)c1cccs1)c1ccccc1. The molecular formula is C20H23O2PS. The Bertz CT molecular complexity index is 735. The number of benzene rings is 1. The molecule has 0 aliphatic carbocycles.